The van der Waals surface area contributed by atoms with Gasteiger partial charge in [-0.05, 0) is 48.7 Å². The zero-order valence-electron chi connectivity index (χ0n) is 12.8. The molecule has 24 heavy (non-hydrogen) atoms. The number of nitrogens with zero attached hydrogens (tertiary/aromatic N) is 1. The Morgan fingerprint density at radius 3 is 2.79 bits per heavy atom. The van der Waals surface area contributed by atoms with Crippen LogP contribution in [-0.4, -0.2) is 10.9 Å². The van der Waals surface area contributed by atoms with Crippen LogP contribution in [0, 0.1) is 17.1 Å². The number of amides is 1. The second-order valence-corrected chi connectivity index (χ2v) is 6.09. The molecule has 2 aromatic carbocycles. The summed E-state index contributed by atoms with van der Waals surface area (Å²) in [5.74, 6) is -0.441. The minimum absolute atomic E-state index is 0.129. The molecule has 4 rings (SSSR count). The summed E-state index contributed by atoms with van der Waals surface area (Å²) in [5.41, 5.74) is 1.90. The van der Waals surface area contributed by atoms with Crippen molar-refractivity contribution in [3.05, 3.63) is 65.6 Å². The van der Waals surface area contributed by atoms with Crippen LogP contribution in [0.15, 0.2) is 48.7 Å². The van der Waals surface area contributed by atoms with Gasteiger partial charge in [0.15, 0.2) is 0 Å². The number of rotatable bonds is 3. The maximum atomic E-state index is 13.4. The number of hydrogen-bond acceptors (Lipinski definition) is 2. The minimum Gasteiger partial charge on any atom is -0.361 e. The lowest BCUT2D eigenvalue weighted by Gasteiger charge is -2.15. The molecule has 1 heterocycles. The normalized spacial score (nSPS) is 15.0. The Kier molecular flexibility index (Phi) is 3.14. The Balaban J connectivity index is 1.70. The third-order valence-electron chi connectivity index (χ3n) is 4.64. The van der Waals surface area contributed by atoms with E-state index in [1.807, 2.05) is 0 Å². The van der Waals surface area contributed by atoms with Gasteiger partial charge in [0, 0.05) is 17.1 Å². The van der Waals surface area contributed by atoms with Gasteiger partial charge in [0.2, 0.25) is 5.91 Å². The third kappa shape index (κ3) is 2.16. The molecule has 5 heteroatoms. The van der Waals surface area contributed by atoms with E-state index < -0.39 is 5.41 Å². The highest BCUT2D eigenvalue weighted by molar-refractivity contribution is 6.05. The molecular weight excluding hydrogens is 305 g/mol. The van der Waals surface area contributed by atoms with Crippen LogP contribution >= 0.6 is 0 Å². The Hall–Kier alpha value is -3.13. The average Bonchev–Trinajstić information content (AvgIpc) is 3.29. The lowest BCUT2D eigenvalue weighted by atomic mass is 9.94. The van der Waals surface area contributed by atoms with Crippen molar-refractivity contribution >= 4 is 22.5 Å². The quantitative estimate of drug-likeness (QED) is 0.770. The summed E-state index contributed by atoms with van der Waals surface area (Å²) in [6, 6.07) is 13.5. The lowest BCUT2D eigenvalue weighted by Crippen LogP contribution is -2.28. The predicted molar refractivity (Wildman–Crippen MR) is 89.0 cm³/mol. The summed E-state index contributed by atoms with van der Waals surface area (Å²) in [5, 5.41) is 12.9. The molecule has 1 fully saturated rings. The summed E-state index contributed by atoms with van der Waals surface area (Å²) in [7, 11) is 0. The number of fused-ring (bicyclic) bond motifs is 1. The van der Waals surface area contributed by atoms with Gasteiger partial charge in [0.1, 0.15) is 11.9 Å². The van der Waals surface area contributed by atoms with Crippen molar-refractivity contribution in [1.82, 2.24) is 4.98 Å². The van der Waals surface area contributed by atoms with Crippen LogP contribution in [0.5, 0.6) is 0 Å². The summed E-state index contributed by atoms with van der Waals surface area (Å²) in [6.45, 7) is 0. The van der Waals surface area contributed by atoms with Crippen molar-refractivity contribution in [1.29, 1.82) is 5.26 Å². The molecule has 1 aromatic heterocycles. The van der Waals surface area contributed by atoms with Gasteiger partial charge in [-0.15, -0.1) is 0 Å². The second-order valence-electron chi connectivity index (χ2n) is 6.09. The molecule has 1 amide bonds. The van der Waals surface area contributed by atoms with Gasteiger partial charge in [0.25, 0.3) is 0 Å². The monoisotopic (exact) mass is 319 g/mol. The van der Waals surface area contributed by atoms with Crippen LogP contribution in [0.25, 0.3) is 10.9 Å². The van der Waals surface area contributed by atoms with Crippen LogP contribution in [-0.2, 0) is 10.2 Å². The molecule has 2 N–H and O–H groups in total. The molecule has 0 spiro atoms. The van der Waals surface area contributed by atoms with Crippen LogP contribution in [0.3, 0.4) is 0 Å². The van der Waals surface area contributed by atoms with Crippen LogP contribution < -0.4 is 5.32 Å². The molecular formula is C19H14FN3O. The first-order valence-corrected chi connectivity index (χ1v) is 7.72. The van der Waals surface area contributed by atoms with E-state index in [9.17, 15) is 9.18 Å². The van der Waals surface area contributed by atoms with Crippen LogP contribution in [0.1, 0.15) is 24.0 Å². The summed E-state index contributed by atoms with van der Waals surface area (Å²) >= 11 is 0. The fourth-order valence-corrected chi connectivity index (χ4v) is 3.17. The number of aromatic nitrogens is 1. The van der Waals surface area contributed by atoms with E-state index in [4.69, 9.17) is 5.26 Å². The zero-order chi connectivity index (χ0) is 16.7. The zero-order valence-corrected chi connectivity index (χ0v) is 12.8. The van der Waals surface area contributed by atoms with Gasteiger partial charge >= 0.3 is 0 Å². The highest BCUT2D eigenvalue weighted by Crippen LogP contribution is 2.51. The van der Waals surface area contributed by atoms with Gasteiger partial charge in [-0.1, -0.05) is 12.1 Å². The fourth-order valence-electron chi connectivity index (χ4n) is 3.17. The van der Waals surface area contributed by atoms with Gasteiger partial charge < -0.3 is 10.3 Å². The number of para-hydroxylation sites is 1. The maximum Gasteiger partial charge on any atom is 0.235 e. The van der Waals surface area contributed by atoms with Crippen LogP contribution in [0.2, 0.25) is 0 Å². The predicted octanol–water partition coefficient (Wildman–Crippen LogP) is 3.85. The Bertz CT molecular complexity index is 995. The number of benzene rings is 2. The SMILES string of the molecule is N#Cc1ccccc1NC(=O)C1(c2c[nH]c3cc(F)ccc23)CC1. The third-order valence-corrected chi connectivity index (χ3v) is 4.64. The minimum atomic E-state index is -0.612. The smallest absolute Gasteiger partial charge is 0.235 e. The fraction of sp³-hybridized carbons (Fsp3) is 0.158. The molecule has 0 bridgehead atoms. The Morgan fingerprint density at radius 1 is 1.25 bits per heavy atom. The molecule has 1 aliphatic rings. The summed E-state index contributed by atoms with van der Waals surface area (Å²) in [4.78, 5) is 15.9. The van der Waals surface area contributed by atoms with E-state index in [1.54, 1.807) is 36.5 Å². The Labute approximate surface area is 137 Å². The molecule has 3 aromatic rings. The molecule has 0 aliphatic heterocycles. The van der Waals surface area contributed by atoms with E-state index >= 15 is 0 Å². The molecule has 0 radical (unpaired) electrons. The Morgan fingerprint density at radius 2 is 2.04 bits per heavy atom. The number of anilines is 1. The first-order chi connectivity index (χ1) is 11.6. The molecule has 118 valence electrons. The highest BCUT2D eigenvalue weighted by Gasteiger charge is 2.52. The van der Waals surface area contributed by atoms with Gasteiger partial charge in [-0.3, -0.25) is 4.79 Å². The summed E-state index contributed by atoms with van der Waals surface area (Å²) in [6.07, 6.45) is 3.25. The van der Waals surface area contributed by atoms with Crippen molar-refractivity contribution < 1.29 is 9.18 Å². The standard InChI is InChI=1S/C19H14FN3O/c20-13-5-6-14-15(11-22-17(14)9-13)19(7-8-19)18(24)23-16-4-2-1-3-12(16)10-21/h1-6,9,11,22H,7-8H2,(H,23,24). The largest absolute Gasteiger partial charge is 0.361 e. The second kappa shape index (κ2) is 5.20. The first kappa shape index (κ1) is 14.5. The van der Waals surface area contributed by atoms with E-state index in [0.29, 0.717) is 16.8 Å². The summed E-state index contributed by atoms with van der Waals surface area (Å²) < 4.78 is 13.4. The number of halogens is 1. The number of aromatic amines is 1. The number of hydrogen-bond donors (Lipinski definition) is 2. The van der Waals surface area contributed by atoms with Crippen LogP contribution in [0.4, 0.5) is 10.1 Å². The number of nitrogens with one attached hydrogen (secondary N) is 2. The van der Waals surface area contributed by atoms with Gasteiger partial charge in [-0.2, -0.15) is 5.26 Å². The van der Waals surface area contributed by atoms with Crippen molar-refractivity contribution in [2.24, 2.45) is 0 Å². The first-order valence-electron chi connectivity index (χ1n) is 7.72. The maximum absolute atomic E-state index is 13.4. The molecule has 0 unspecified atom stereocenters. The van der Waals surface area contributed by atoms with E-state index in [0.717, 1.165) is 23.8 Å². The molecule has 4 nitrogen and oxygen atoms in total. The van der Waals surface area contributed by atoms with E-state index in [-0.39, 0.29) is 11.7 Å². The molecule has 1 aliphatic carbocycles. The van der Waals surface area contributed by atoms with Crippen molar-refractivity contribution in [3.63, 3.8) is 0 Å². The van der Waals surface area contributed by atoms with Gasteiger partial charge in [0.05, 0.1) is 16.7 Å². The lowest BCUT2D eigenvalue weighted by molar-refractivity contribution is -0.118. The van der Waals surface area contributed by atoms with E-state index in [2.05, 4.69) is 16.4 Å². The average molecular weight is 319 g/mol. The van der Waals surface area contributed by atoms with E-state index in [1.165, 1.54) is 12.1 Å². The molecule has 0 atom stereocenters. The highest BCUT2D eigenvalue weighted by atomic mass is 19.1. The molecule has 0 saturated heterocycles. The number of nitriles is 1. The van der Waals surface area contributed by atoms with Crippen molar-refractivity contribution in [2.45, 2.75) is 18.3 Å². The topological polar surface area (TPSA) is 68.7 Å². The van der Waals surface area contributed by atoms with Gasteiger partial charge in [-0.25, -0.2) is 4.39 Å². The van der Waals surface area contributed by atoms with Crippen molar-refractivity contribution in [2.75, 3.05) is 5.32 Å². The number of H-pyrrole nitrogens is 1. The van der Waals surface area contributed by atoms with Crippen molar-refractivity contribution in [3.8, 4) is 6.07 Å². The number of carbonyl (C=O) groups excluding carboxylic acids is 1. The number of carbonyl (C=O) groups is 1. The molecule has 1 saturated carbocycles.